The third-order valence-electron chi connectivity index (χ3n) is 3.17. The number of ether oxygens (including phenoxy) is 1. The van der Waals surface area contributed by atoms with E-state index in [1.54, 1.807) is 11.0 Å². The third kappa shape index (κ3) is 3.01. The summed E-state index contributed by atoms with van der Waals surface area (Å²) in [7, 11) is 3.65. The van der Waals surface area contributed by atoms with Crippen molar-refractivity contribution in [2.75, 3.05) is 24.7 Å². The molecule has 0 atom stereocenters. The molecule has 0 saturated heterocycles. The minimum atomic E-state index is -0.459. The largest absolute Gasteiger partial charge is 0.507 e. The Bertz CT molecular complexity index is 726. The van der Waals surface area contributed by atoms with Crippen LogP contribution in [0.2, 0.25) is 0 Å². The van der Waals surface area contributed by atoms with Gasteiger partial charge in [-0.1, -0.05) is 0 Å². The summed E-state index contributed by atoms with van der Waals surface area (Å²) < 4.78 is 4.79. The highest BCUT2D eigenvalue weighted by molar-refractivity contribution is 6.12. The number of carbonyl (C=O) groups is 2. The second-order valence-corrected chi connectivity index (χ2v) is 4.89. The van der Waals surface area contributed by atoms with Gasteiger partial charge in [-0.15, -0.1) is 0 Å². The Balaban J connectivity index is 2.46. The fourth-order valence-electron chi connectivity index (χ4n) is 2.01. The van der Waals surface area contributed by atoms with Crippen molar-refractivity contribution in [3.63, 3.8) is 0 Å². The minimum absolute atomic E-state index is 0.0519. The maximum absolute atomic E-state index is 12.5. The molecule has 0 aliphatic heterocycles. The number of carbonyl (C=O) groups excluding carboxylic acids is 2. The highest BCUT2D eigenvalue weighted by Gasteiger charge is 2.19. The third-order valence-corrected chi connectivity index (χ3v) is 3.17. The zero-order chi connectivity index (χ0) is 16.3. The minimum Gasteiger partial charge on any atom is -0.507 e. The van der Waals surface area contributed by atoms with Gasteiger partial charge in [0.05, 0.1) is 11.1 Å². The van der Waals surface area contributed by atoms with E-state index in [1.165, 1.54) is 30.3 Å². The normalized spacial score (nSPS) is 10.1. The quantitative estimate of drug-likeness (QED) is 0.497. The molecule has 0 saturated carbocycles. The molecule has 2 rings (SSSR count). The summed E-state index contributed by atoms with van der Waals surface area (Å²) in [5.74, 6) is -0.555. The van der Waals surface area contributed by atoms with E-state index in [4.69, 9.17) is 10.5 Å². The van der Waals surface area contributed by atoms with E-state index < -0.39 is 5.78 Å². The molecule has 6 heteroatoms. The first kappa shape index (κ1) is 15.4. The average Bonchev–Trinajstić information content (AvgIpc) is 2.47. The van der Waals surface area contributed by atoms with E-state index in [2.05, 4.69) is 0 Å². The van der Waals surface area contributed by atoms with Gasteiger partial charge >= 0.3 is 0 Å². The summed E-state index contributed by atoms with van der Waals surface area (Å²) in [4.78, 5) is 24.9. The number of aromatic hydroxyl groups is 1. The maximum Gasteiger partial charge on any atom is 0.298 e. The molecular formula is C16H16N2O4. The van der Waals surface area contributed by atoms with Crippen LogP contribution in [-0.4, -0.2) is 31.5 Å². The lowest BCUT2D eigenvalue weighted by Gasteiger charge is -2.14. The van der Waals surface area contributed by atoms with Crippen LogP contribution in [0.5, 0.6) is 11.5 Å². The van der Waals surface area contributed by atoms with Crippen molar-refractivity contribution in [1.82, 2.24) is 0 Å². The highest BCUT2D eigenvalue weighted by atomic mass is 16.5. The zero-order valence-corrected chi connectivity index (χ0v) is 12.2. The van der Waals surface area contributed by atoms with Crippen molar-refractivity contribution < 1.29 is 19.4 Å². The Kier molecular flexibility index (Phi) is 4.31. The summed E-state index contributed by atoms with van der Waals surface area (Å²) in [5.41, 5.74) is 7.00. The SMILES string of the molecule is CN(C)c1ccc(C(=O)c2ccc(N)cc2OC=O)c(O)c1. The Morgan fingerprint density at radius 1 is 1.18 bits per heavy atom. The van der Waals surface area contributed by atoms with Crippen molar-refractivity contribution in [1.29, 1.82) is 0 Å². The molecule has 0 heterocycles. The lowest BCUT2D eigenvalue weighted by molar-refractivity contribution is -0.120. The molecule has 114 valence electrons. The Labute approximate surface area is 127 Å². The molecule has 3 N–H and O–H groups in total. The molecule has 0 radical (unpaired) electrons. The Morgan fingerprint density at radius 2 is 1.86 bits per heavy atom. The van der Waals surface area contributed by atoms with Crippen molar-refractivity contribution in [2.45, 2.75) is 0 Å². The van der Waals surface area contributed by atoms with Gasteiger partial charge < -0.3 is 20.5 Å². The van der Waals surface area contributed by atoms with E-state index in [9.17, 15) is 14.7 Å². The van der Waals surface area contributed by atoms with Crippen LogP contribution in [0.1, 0.15) is 15.9 Å². The topological polar surface area (TPSA) is 92.9 Å². The average molecular weight is 300 g/mol. The van der Waals surface area contributed by atoms with Crippen molar-refractivity contribution in [3.8, 4) is 11.5 Å². The van der Waals surface area contributed by atoms with Gasteiger partial charge in [-0.3, -0.25) is 9.59 Å². The lowest BCUT2D eigenvalue weighted by Crippen LogP contribution is -2.10. The fourth-order valence-corrected chi connectivity index (χ4v) is 2.01. The Hall–Kier alpha value is -3.02. The van der Waals surface area contributed by atoms with E-state index in [-0.39, 0.29) is 29.1 Å². The number of nitrogens with two attached hydrogens (primary N) is 1. The van der Waals surface area contributed by atoms with Crippen LogP contribution in [0.15, 0.2) is 36.4 Å². The molecule has 0 bridgehead atoms. The molecule has 6 nitrogen and oxygen atoms in total. The van der Waals surface area contributed by atoms with E-state index in [0.29, 0.717) is 5.69 Å². The number of nitrogens with zero attached hydrogens (tertiary/aromatic N) is 1. The van der Waals surface area contributed by atoms with Crippen molar-refractivity contribution >= 4 is 23.6 Å². The molecule has 0 unspecified atom stereocenters. The molecule has 0 aromatic heterocycles. The maximum atomic E-state index is 12.5. The number of anilines is 2. The van der Waals surface area contributed by atoms with Crippen LogP contribution in [0.4, 0.5) is 11.4 Å². The number of rotatable bonds is 5. The zero-order valence-electron chi connectivity index (χ0n) is 12.2. The highest BCUT2D eigenvalue weighted by Crippen LogP contribution is 2.29. The molecule has 2 aromatic carbocycles. The van der Waals surface area contributed by atoms with Gasteiger partial charge in [0.2, 0.25) is 0 Å². The smallest absolute Gasteiger partial charge is 0.298 e. The summed E-state index contributed by atoms with van der Waals surface area (Å²) in [5, 5.41) is 10.1. The van der Waals surface area contributed by atoms with Crippen LogP contribution >= 0.6 is 0 Å². The fraction of sp³-hybridized carbons (Fsp3) is 0.125. The number of phenolic OH excluding ortho intramolecular Hbond substituents is 1. The van der Waals surface area contributed by atoms with Gasteiger partial charge in [0.1, 0.15) is 11.5 Å². The van der Waals surface area contributed by atoms with Crippen molar-refractivity contribution in [3.05, 3.63) is 47.5 Å². The lowest BCUT2D eigenvalue weighted by atomic mass is 10.0. The summed E-state index contributed by atoms with van der Waals surface area (Å²) in [6, 6.07) is 9.09. The molecule has 0 spiro atoms. The standard InChI is InChI=1S/C16H16N2O4/c1-18(2)11-4-6-12(14(20)8-11)16(21)13-5-3-10(17)7-15(13)22-9-19/h3-9,20H,17H2,1-2H3. The summed E-state index contributed by atoms with van der Waals surface area (Å²) in [6.07, 6.45) is 0. The predicted octanol–water partition coefficient (Wildman–Crippen LogP) is 1.81. The summed E-state index contributed by atoms with van der Waals surface area (Å²) >= 11 is 0. The van der Waals surface area contributed by atoms with Crippen LogP contribution in [0.3, 0.4) is 0 Å². The van der Waals surface area contributed by atoms with Gasteiger partial charge in [0.25, 0.3) is 6.47 Å². The monoisotopic (exact) mass is 300 g/mol. The second kappa shape index (κ2) is 6.17. The van der Waals surface area contributed by atoms with Crippen LogP contribution in [-0.2, 0) is 4.79 Å². The molecule has 2 aromatic rings. The van der Waals surface area contributed by atoms with Crippen LogP contribution < -0.4 is 15.4 Å². The molecular weight excluding hydrogens is 284 g/mol. The van der Waals surface area contributed by atoms with Gasteiger partial charge in [-0.05, 0) is 24.3 Å². The Morgan fingerprint density at radius 3 is 2.45 bits per heavy atom. The number of nitrogen functional groups attached to an aromatic ring is 1. The number of hydrogen-bond donors (Lipinski definition) is 2. The molecule has 0 amide bonds. The second-order valence-electron chi connectivity index (χ2n) is 4.89. The van der Waals surface area contributed by atoms with E-state index in [1.807, 2.05) is 14.1 Å². The molecule has 22 heavy (non-hydrogen) atoms. The number of ketones is 1. The first-order chi connectivity index (χ1) is 10.4. The molecule has 0 aliphatic rings. The van der Waals surface area contributed by atoms with Crippen molar-refractivity contribution in [2.24, 2.45) is 0 Å². The van der Waals surface area contributed by atoms with Gasteiger partial charge in [-0.2, -0.15) is 0 Å². The van der Waals surface area contributed by atoms with Crippen LogP contribution in [0.25, 0.3) is 0 Å². The van der Waals surface area contributed by atoms with Gasteiger partial charge in [0, 0.05) is 37.6 Å². The molecule has 0 aliphatic carbocycles. The first-order valence-electron chi connectivity index (χ1n) is 6.49. The van der Waals surface area contributed by atoms with E-state index >= 15 is 0 Å². The van der Waals surface area contributed by atoms with Gasteiger partial charge in [-0.25, -0.2) is 0 Å². The number of hydrogen-bond acceptors (Lipinski definition) is 6. The molecule has 0 fully saturated rings. The number of benzene rings is 2. The first-order valence-corrected chi connectivity index (χ1v) is 6.49. The van der Waals surface area contributed by atoms with Gasteiger partial charge in [0.15, 0.2) is 5.78 Å². The van der Waals surface area contributed by atoms with Crippen LogP contribution in [0, 0.1) is 0 Å². The van der Waals surface area contributed by atoms with E-state index in [0.717, 1.165) is 5.69 Å². The summed E-state index contributed by atoms with van der Waals surface area (Å²) in [6.45, 7) is 0.223. The number of phenols is 1. The predicted molar refractivity (Wildman–Crippen MR) is 83.4 cm³/mol.